The van der Waals surface area contributed by atoms with Crippen LogP contribution in [0.4, 0.5) is 4.79 Å². The van der Waals surface area contributed by atoms with Gasteiger partial charge in [-0.3, -0.25) is 0 Å². The molecule has 0 atom stereocenters. The van der Waals surface area contributed by atoms with Gasteiger partial charge in [0.1, 0.15) is 5.60 Å². The van der Waals surface area contributed by atoms with Gasteiger partial charge < -0.3 is 14.8 Å². The Bertz CT molecular complexity index is 509. The molecule has 0 saturated carbocycles. The molecule has 0 aromatic heterocycles. The number of carbonyl (C=O) groups is 1. The first-order valence-corrected chi connectivity index (χ1v) is 6.40. The Morgan fingerprint density at radius 1 is 1.35 bits per heavy atom. The van der Waals surface area contributed by atoms with Crippen molar-refractivity contribution in [3.63, 3.8) is 0 Å². The molecule has 4 nitrogen and oxygen atoms in total. The van der Waals surface area contributed by atoms with E-state index in [-0.39, 0.29) is 0 Å². The van der Waals surface area contributed by atoms with E-state index in [1.165, 1.54) is 0 Å². The van der Waals surface area contributed by atoms with Crippen molar-refractivity contribution < 1.29 is 14.3 Å². The van der Waals surface area contributed by atoms with Crippen molar-refractivity contribution in [2.45, 2.75) is 39.5 Å². The van der Waals surface area contributed by atoms with Crippen LogP contribution >= 0.6 is 0 Å². The lowest BCUT2D eigenvalue weighted by molar-refractivity contribution is 0.0523. The van der Waals surface area contributed by atoms with E-state index in [4.69, 9.17) is 15.9 Å². The summed E-state index contributed by atoms with van der Waals surface area (Å²) < 4.78 is 10.3. The smallest absolute Gasteiger partial charge is 0.407 e. The fraction of sp³-hybridized carbons (Fsp3) is 0.438. The van der Waals surface area contributed by atoms with E-state index in [9.17, 15) is 4.79 Å². The van der Waals surface area contributed by atoms with Gasteiger partial charge in [-0.1, -0.05) is 12.0 Å². The summed E-state index contributed by atoms with van der Waals surface area (Å²) in [5.41, 5.74) is 2.20. The molecule has 0 aliphatic carbocycles. The highest BCUT2D eigenvalue weighted by Crippen LogP contribution is 2.13. The lowest BCUT2D eigenvalue weighted by Gasteiger charge is -2.20. The van der Waals surface area contributed by atoms with Gasteiger partial charge in [0.15, 0.2) is 0 Å². The maximum Gasteiger partial charge on any atom is 0.407 e. The average molecular weight is 275 g/mol. The second kappa shape index (κ2) is 6.97. The summed E-state index contributed by atoms with van der Waals surface area (Å²) in [7, 11) is 1.62. The molecule has 108 valence electrons. The van der Waals surface area contributed by atoms with Crippen LogP contribution in [0.3, 0.4) is 0 Å². The second-order valence-corrected chi connectivity index (χ2v) is 5.42. The van der Waals surface area contributed by atoms with Crippen LogP contribution < -0.4 is 5.32 Å². The number of terminal acetylenes is 1. The third-order valence-corrected chi connectivity index (χ3v) is 2.49. The highest BCUT2D eigenvalue weighted by molar-refractivity contribution is 5.67. The third-order valence-electron chi connectivity index (χ3n) is 2.49. The van der Waals surface area contributed by atoms with E-state index >= 15 is 0 Å². The number of hydrogen-bond acceptors (Lipinski definition) is 3. The highest BCUT2D eigenvalue weighted by Gasteiger charge is 2.16. The van der Waals surface area contributed by atoms with E-state index in [2.05, 4.69) is 11.2 Å². The van der Waals surface area contributed by atoms with E-state index in [0.717, 1.165) is 16.7 Å². The zero-order chi connectivity index (χ0) is 15.2. The molecule has 0 fully saturated rings. The highest BCUT2D eigenvalue weighted by atomic mass is 16.6. The zero-order valence-corrected chi connectivity index (χ0v) is 12.4. The van der Waals surface area contributed by atoms with Gasteiger partial charge in [0.2, 0.25) is 0 Å². The monoisotopic (exact) mass is 275 g/mol. The second-order valence-electron chi connectivity index (χ2n) is 5.42. The van der Waals surface area contributed by atoms with E-state index < -0.39 is 11.7 Å². The molecular formula is C16H21NO3. The molecule has 0 saturated heterocycles. The van der Waals surface area contributed by atoms with Gasteiger partial charge in [0.05, 0.1) is 6.61 Å². The minimum atomic E-state index is -0.507. The van der Waals surface area contributed by atoms with Gasteiger partial charge in [0.25, 0.3) is 0 Å². The minimum Gasteiger partial charge on any atom is -0.444 e. The first-order chi connectivity index (χ1) is 9.35. The van der Waals surface area contributed by atoms with Gasteiger partial charge in [-0.05, 0) is 44.0 Å². The van der Waals surface area contributed by atoms with Crippen molar-refractivity contribution in [3.8, 4) is 12.3 Å². The maximum absolute atomic E-state index is 11.6. The molecule has 1 aromatic rings. The molecule has 0 bridgehead atoms. The Morgan fingerprint density at radius 2 is 2.05 bits per heavy atom. The summed E-state index contributed by atoms with van der Waals surface area (Å²) in [6.45, 7) is 6.29. The van der Waals surface area contributed by atoms with E-state index in [0.29, 0.717) is 13.2 Å². The van der Waals surface area contributed by atoms with Crippen LogP contribution in [0.25, 0.3) is 0 Å². The molecular weight excluding hydrogens is 254 g/mol. The standard InChI is InChI=1S/C16H21NO3/c1-6-12-7-8-13(14(9-12)11-19-5)10-17-15(18)20-16(2,3)4/h1,7-9H,10-11H2,2-5H3,(H,17,18). The summed E-state index contributed by atoms with van der Waals surface area (Å²) in [4.78, 5) is 11.6. The molecule has 0 unspecified atom stereocenters. The number of carbonyl (C=O) groups excluding carboxylic acids is 1. The molecule has 1 N–H and O–H groups in total. The predicted molar refractivity (Wildman–Crippen MR) is 78.2 cm³/mol. The lowest BCUT2D eigenvalue weighted by Crippen LogP contribution is -2.32. The van der Waals surface area contributed by atoms with Gasteiger partial charge >= 0.3 is 6.09 Å². The fourth-order valence-electron chi connectivity index (χ4n) is 1.66. The van der Waals surface area contributed by atoms with Gasteiger partial charge in [-0.25, -0.2) is 4.79 Å². The number of hydrogen-bond donors (Lipinski definition) is 1. The fourth-order valence-corrected chi connectivity index (χ4v) is 1.66. The summed E-state index contributed by atoms with van der Waals surface area (Å²) in [5.74, 6) is 2.58. The van der Waals surface area contributed by atoms with Crippen molar-refractivity contribution in [1.82, 2.24) is 5.32 Å². The van der Waals surface area contributed by atoms with Crippen LogP contribution in [0.15, 0.2) is 18.2 Å². The maximum atomic E-state index is 11.6. The van der Waals surface area contributed by atoms with Crippen LogP contribution in [-0.2, 0) is 22.6 Å². The Morgan fingerprint density at radius 3 is 2.60 bits per heavy atom. The molecule has 0 spiro atoms. The quantitative estimate of drug-likeness (QED) is 0.860. The molecule has 4 heteroatoms. The van der Waals surface area contributed by atoms with Crippen molar-refractivity contribution in [2.24, 2.45) is 0 Å². The average Bonchev–Trinajstić information content (AvgIpc) is 2.35. The summed E-state index contributed by atoms with van der Waals surface area (Å²) >= 11 is 0. The zero-order valence-electron chi connectivity index (χ0n) is 12.4. The van der Waals surface area contributed by atoms with Gasteiger partial charge in [-0.15, -0.1) is 6.42 Å². The SMILES string of the molecule is C#Cc1ccc(CNC(=O)OC(C)(C)C)c(COC)c1. The van der Waals surface area contributed by atoms with Crippen LogP contribution in [-0.4, -0.2) is 18.8 Å². The first-order valence-electron chi connectivity index (χ1n) is 6.40. The lowest BCUT2D eigenvalue weighted by atomic mass is 10.0. The number of alkyl carbamates (subject to hydrolysis) is 1. The number of nitrogens with one attached hydrogen (secondary N) is 1. The van der Waals surface area contributed by atoms with Gasteiger partial charge in [0, 0.05) is 19.2 Å². The molecule has 0 radical (unpaired) electrons. The number of amides is 1. The number of benzene rings is 1. The van der Waals surface area contributed by atoms with Crippen LogP contribution in [0.2, 0.25) is 0 Å². The van der Waals surface area contributed by atoms with Crippen molar-refractivity contribution >= 4 is 6.09 Å². The molecule has 0 aliphatic rings. The molecule has 1 aromatic carbocycles. The Balaban J connectivity index is 2.72. The Hall–Kier alpha value is -1.99. The number of methoxy groups -OCH3 is 1. The predicted octanol–water partition coefficient (Wildman–Crippen LogP) is 2.84. The topological polar surface area (TPSA) is 47.6 Å². The van der Waals surface area contributed by atoms with Crippen molar-refractivity contribution in [2.75, 3.05) is 7.11 Å². The normalized spacial score (nSPS) is 10.8. The van der Waals surface area contributed by atoms with Crippen LogP contribution in [0.5, 0.6) is 0 Å². The largest absolute Gasteiger partial charge is 0.444 e. The summed E-state index contributed by atoms with van der Waals surface area (Å²) in [5, 5.41) is 2.72. The Kier molecular flexibility index (Phi) is 5.60. The van der Waals surface area contributed by atoms with Crippen LogP contribution in [0.1, 0.15) is 37.5 Å². The number of ether oxygens (including phenoxy) is 2. The molecule has 1 rings (SSSR count). The van der Waals surface area contributed by atoms with Crippen LogP contribution in [0, 0.1) is 12.3 Å². The summed E-state index contributed by atoms with van der Waals surface area (Å²) in [6.07, 6.45) is 4.93. The molecule has 20 heavy (non-hydrogen) atoms. The molecule has 1 amide bonds. The van der Waals surface area contributed by atoms with E-state index in [1.807, 2.05) is 39.0 Å². The molecule has 0 aliphatic heterocycles. The van der Waals surface area contributed by atoms with Gasteiger partial charge in [-0.2, -0.15) is 0 Å². The summed E-state index contributed by atoms with van der Waals surface area (Å²) in [6, 6.07) is 5.61. The minimum absolute atomic E-state index is 0.373. The van der Waals surface area contributed by atoms with Crippen molar-refractivity contribution in [1.29, 1.82) is 0 Å². The third kappa shape index (κ3) is 5.33. The Labute approximate surface area is 120 Å². The number of rotatable bonds is 4. The molecule has 0 heterocycles. The first kappa shape index (κ1) is 16.1. The van der Waals surface area contributed by atoms with Crippen molar-refractivity contribution in [3.05, 3.63) is 34.9 Å². The van der Waals surface area contributed by atoms with E-state index in [1.54, 1.807) is 7.11 Å².